The highest BCUT2D eigenvalue weighted by molar-refractivity contribution is 8.00. The monoisotopic (exact) mass is 484 g/mol. The van der Waals surface area contributed by atoms with E-state index in [0.29, 0.717) is 30.2 Å². The molecule has 0 radical (unpaired) electrons. The molecule has 3 aromatic carbocycles. The Labute approximate surface area is 207 Å². The van der Waals surface area contributed by atoms with Crippen LogP contribution in [0.15, 0.2) is 102 Å². The number of amides is 2. The maximum absolute atomic E-state index is 12.7. The molecule has 0 saturated carbocycles. The van der Waals surface area contributed by atoms with Crippen LogP contribution >= 0.6 is 11.8 Å². The molecule has 0 bridgehead atoms. The molecule has 176 valence electrons. The van der Waals surface area contributed by atoms with Crippen LogP contribution in [0.1, 0.15) is 32.6 Å². The van der Waals surface area contributed by atoms with E-state index in [1.54, 1.807) is 35.1 Å². The van der Waals surface area contributed by atoms with Crippen molar-refractivity contribution in [1.82, 2.24) is 4.90 Å². The van der Waals surface area contributed by atoms with E-state index in [-0.39, 0.29) is 17.2 Å². The highest BCUT2D eigenvalue weighted by Crippen LogP contribution is 2.39. The fourth-order valence-corrected chi connectivity index (χ4v) is 5.04. The first-order valence-corrected chi connectivity index (χ1v) is 12.3. The van der Waals surface area contributed by atoms with E-state index in [1.165, 1.54) is 0 Å². The molecule has 1 saturated heterocycles. The van der Waals surface area contributed by atoms with Crippen molar-refractivity contribution in [3.05, 3.63) is 120 Å². The van der Waals surface area contributed by atoms with Crippen LogP contribution in [0.5, 0.6) is 5.75 Å². The number of thioether (sulfide) groups is 1. The first-order chi connectivity index (χ1) is 17.2. The Balaban J connectivity index is 1.18. The van der Waals surface area contributed by atoms with Gasteiger partial charge < -0.3 is 19.4 Å². The van der Waals surface area contributed by atoms with Crippen LogP contribution in [0.2, 0.25) is 0 Å². The molecule has 1 atom stereocenters. The lowest BCUT2D eigenvalue weighted by molar-refractivity contribution is -0.128. The molecular weight excluding hydrogens is 460 g/mol. The summed E-state index contributed by atoms with van der Waals surface area (Å²) in [5.41, 5.74) is 3.31. The van der Waals surface area contributed by atoms with Crippen LogP contribution in [0.3, 0.4) is 0 Å². The van der Waals surface area contributed by atoms with Crippen molar-refractivity contribution in [2.45, 2.75) is 18.5 Å². The lowest BCUT2D eigenvalue weighted by atomic mass is 10.1. The summed E-state index contributed by atoms with van der Waals surface area (Å²) in [6.07, 6.45) is 1.61. The highest BCUT2D eigenvalue weighted by atomic mass is 32.2. The third-order valence-corrected chi connectivity index (χ3v) is 6.95. The summed E-state index contributed by atoms with van der Waals surface area (Å²) in [6, 6.07) is 28.3. The molecule has 1 aliphatic rings. The van der Waals surface area contributed by atoms with Gasteiger partial charge in [0.2, 0.25) is 5.91 Å². The zero-order valence-corrected chi connectivity index (χ0v) is 19.7. The number of hydrogen-bond acceptors (Lipinski definition) is 5. The number of nitrogens with one attached hydrogen (secondary N) is 1. The van der Waals surface area contributed by atoms with Crippen molar-refractivity contribution >= 4 is 29.3 Å². The Morgan fingerprint density at radius 2 is 1.74 bits per heavy atom. The minimum absolute atomic E-state index is 0.0782. The van der Waals surface area contributed by atoms with Crippen LogP contribution < -0.4 is 10.1 Å². The smallest absolute Gasteiger partial charge is 0.255 e. The van der Waals surface area contributed by atoms with Gasteiger partial charge in [0.05, 0.1) is 18.6 Å². The fraction of sp³-hybridized carbons (Fsp3) is 0.143. The number of carbonyl (C=O) groups is 2. The number of rotatable bonds is 8. The van der Waals surface area contributed by atoms with Crippen LogP contribution in [0.25, 0.3) is 0 Å². The average molecular weight is 485 g/mol. The second-order valence-corrected chi connectivity index (χ2v) is 9.21. The molecule has 1 N–H and O–H groups in total. The molecule has 6 nitrogen and oxygen atoms in total. The van der Waals surface area contributed by atoms with Crippen LogP contribution in [-0.4, -0.2) is 22.5 Å². The number of benzene rings is 3. The minimum Gasteiger partial charge on any atom is -0.489 e. The van der Waals surface area contributed by atoms with Crippen molar-refractivity contribution in [2.75, 3.05) is 11.1 Å². The Morgan fingerprint density at radius 1 is 0.971 bits per heavy atom. The zero-order chi connectivity index (χ0) is 24.0. The molecule has 2 amide bonds. The van der Waals surface area contributed by atoms with Gasteiger partial charge in [-0.3, -0.25) is 9.59 Å². The highest BCUT2D eigenvalue weighted by Gasteiger charge is 2.33. The fourth-order valence-electron chi connectivity index (χ4n) is 3.85. The molecule has 1 aromatic heterocycles. The maximum atomic E-state index is 12.7. The van der Waals surface area contributed by atoms with E-state index < -0.39 is 0 Å². The summed E-state index contributed by atoms with van der Waals surface area (Å²) in [5, 5.41) is 2.81. The van der Waals surface area contributed by atoms with E-state index in [2.05, 4.69) is 5.32 Å². The predicted molar refractivity (Wildman–Crippen MR) is 136 cm³/mol. The zero-order valence-electron chi connectivity index (χ0n) is 18.9. The Kier molecular flexibility index (Phi) is 6.86. The summed E-state index contributed by atoms with van der Waals surface area (Å²) in [7, 11) is 0. The average Bonchev–Trinajstić information content (AvgIpc) is 3.54. The molecule has 1 aliphatic heterocycles. The quantitative estimate of drug-likeness (QED) is 0.338. The van der Waals surface area contributed by atoms with E-state index in [1.807, 2.05) is 78.9 Å². The first-order valence-electron chi connectivity index (χ1n) is 11.3. The summed E-state index contributed by atoms with van der Waals surface area (Å²) >= 11 is 1.58. The molecule has 0 aliphatic carbocycles. The van der Waals surface area contributed by atoms with Gasteiger partial charge in [0.25, 0.3) is 5.91 Å². The Morgan fingerprint density at radius 3 is 2.46 bits per heavy atom. The lowest BCUT2D eigenvalue weighted by Crippen LogP contribution is -2.27. The van der Waals surface area contributed by atoms with Crippen molar-refractivity contribution in [1.29, 1.82) is 0 Å². The molecule has 7 heteroatoms. The van der Waals surface area contributed by atoms with Gasteiger partial charge in [-0.2, -0.15) is 0 Å². The third kappa shape index (κ3) is 5.58. The number of furan rings is 1. The number of nitrogens with zero attached hydrogens (tertiary/aromatic N) is 1. The summed E-state index contributed by atoms with van der Waals surface area (Å²) < 4.78 is 11.2. The van der Waals surface area contributed by atoms with E-state index in [0.717, 1.165) is 22.6 Å². The second kappa shape index (κ2) is 10.5. The second-order valence-electron chi connectivity index (χ2n) is 8.14. The van der Waals surface area contributed by atoms with Gasteiger partial charge in [-0.25, -0.2) is 0 Å². The van der Waals surface area contributed by atoms with E-state index >= 15 is 0 Å². The van der Waals surface area contributed by atoms with Crippen molar-refractivity contribution < 1.29 is 18.7 Å². The number of anilines is 1. The lowest BCUT2D eigenvalue weighted by Gasteiger charge is -2.23. The van der Waals surface area contributed by atoms with E-state index in [9.17, 15) is 9.59 Å². The van der Waals surface area contributed by atoms with Gasteiger partial charge in [0.1, 0.15) is 23.5 Å². The topological polar surface area (TPSA) is 71.8 Å². The molecular formula is C28H24N2O4S. The Bertz CT molecular complexity index is 1270. The van der Waals surface area contributed by atoms with Crippen LogP contribution in [-0.2, 0) is 17.9 Å². The number of ether oxygens (including phenoxy) is 1. The van der Waals surface area contributed by atoms with E-state index in [4.69, 9.17) is 9.15 Å². The molecule has 5 rings (SSSR count). The SMILES string of the molecule is O=C(Nc1ccc(OCc2ccccc2)cc1)c1ccc([C@@H]2SCC(=O)N2Cc2ccco2)cc1. The number of carbonyl (C=O) groups excluding carboxylic acids is 2. The normalized spacial score (nSPS) is 15.3. The summed E-state index contributed by atoms with van der Waals surface area (Å²) in [4.78, 5) is 26.9. The molecule has 0 spiro atoms. The summed E-state index contributed by atoms with van der Waals surface area (Å²) in [5.74, 6) is 1.79. The van der Waals surface area contributed by atoms with Gasteiger partial charge in [-0.15, -0.1) is 11.8 Å². The number of hydrogen-bond donors (Lipinski definition) is 1. The summed E-state index contributed by atoms with van der Waals surface area (Å²) in [6.45, 7) is 0.916. The third-order valence-electron chi connectivity index (χ3n) is 5.69. The predicted octanol–water partition coefficient (Wildman–Crippen LogP) is 5.89. The molecule has 2 heterocycles. The van der Waals surface area contributed by atoms with Crippen molar-refractivity contribution in [3.8, 4) is 5.75 Å². The molecule has 1 fully saturated rings. The molecule has 35 heavy (non-hydrogen) atoms. The van der Waals surface area contributed by atoms with Gasteiger partial charge >= 0.3 is 0 Å². The van der Waals surface area contributed by atoms with Gasteiger partial charge in [-0.1, -0.05) is 42.5 Å². The van der Waals surface area contributed by atoms with Gasteiger partial charge in [0.15, 0.2) is 0 Å². The largest absolute Gasteiger partial charge is 0.489 e. The minimum atomic E-state index is -0.197. The Hall–Kier alpha value is -3.97. The van der Waals surface area contributed by atoms with Crippen molar-refractivity contribution in [3.63, 3.8) is 0 Å². The molecule has 4 aromatic rings. The van der Waals surface area contributed by atoms with Crippen molar-refractivity contribution in [2.24, 2.45) is 0 Å². The standard InChI is InChI=1S/C28H24N2O4S/c31-26-19-35-28(30(26)17-25-7-4-16-33-25)22-10-8-21(9-11-22)27(32)29-23-12-14-24(15-13-23)34-18-20-5-2-1-3-6-20/h1-16,28H,17-19H2,(H,29,32)/t28-/m0/s1. The van der Waals surface area contributed by atoms with Crippen LogP contribution in [0.4, 0.5) is 5.69 Å². The molecule has 0 unspecified atom stereocenters. The van der Waals surface area contributed by atoms with Gasteiger partial charge in [0, 0.05) is 11.3 Å². The first kappa shape index (κ1) is 22.8. The maximum Gasteiger partial charge on any atom is 0.255 e. The van der Waals surface area contributed by atoms with Gasteiger partial charge in [-0.05, 0) is 59.7 Å². The van der Waals surface area contributed by atoms with Crippen LogP contribution in [0, 0.1) is 0 Å².